The lowest BCUT2D eigenvalue weighted by molar-refractivity contribution is 0.281. The zero-order chi connectivity index (χ0) is 15.8. The van der Waals surface area contributed by atoms with Crippen molar-refractivity contribution >= 4 is 10.0 Å². The van der Waals surface area contributed by atoms with E-state index in [2.05, 4.69) is 18.6 Å². The highest BCUT2D eigenvalue weighted by molar-refractivity contribution is 7.89. The summed E-state index contributed by atoms with van der Waals surface area (Å²) in [6, 6.07) is 3.40. The van der Waals surface area contributed by atoms with E-state index < -0.39 is 10.0 Å². The highest BCUT2D eigenvalue weighted by Crippen LogP contribution is 2.37. The highest BCUT2D eigenvalue weighted by Gasteiger charge is 2.34. The fourth-order valence-corrected chi connectivity index (χ4v) is 4.73. The molecule has 2 rings (SSSR count). The third kappa shape index (κ3) is 3.65. The third-order valence-corrected chi connectivity index (χ3v) is 6.09. The summed E-state index contributed by atoms with van der Waals surface area (Å²) in [5, 5.41) is 9.28. The molecule has 0 aromatic heterocycles. The Morgan fingerprint density at radius 2 is 2.00 bits per heavy atom. The van der Waals surface area contributed by atoms with E-state index in [1.165, 1.54) is 0 Å². The van der Waals surface area contributed by atoms with Crippen molar-refractivity contribution in [2.24, 2.45) is 5.41 Å². The fraction of sp³-hybridized carbons (Fsp3) is 0.625. The van der Waals surface area contributed by atoms with Crippen LogP contribution in [0.15, 0.2) is 17.0 Å². The standard InChI is InChI=1S/C16H25NO3S/c1-11-7-13(10-18)8-15(12(11)2)21(19,20)17-14-5-6-16(3,4)9-14/h7-8,14,17-18H,5-6,9-10H2,1-4H3. The lowest BCUT2D eigenvalue weighted by Gasteiger charge is -2.19. The first-order valence-electron chi connectivity index (χ1n) is 7.38. The summed E-state index contributed by atoms with van der Waals surface area (Å²) in [6.45, 7) is 7.86. The van der Waals surface area contributed by atoms with Crippen molar-refractivity contribution in [3.63, 3.8) is 0 Å². The molecule has 1 saturated carbocycles. The van der Waals surface area contributed by atoms with Crippen LogP contribution in [0.3, 0.4) is 0 Å². The maximum absolute atomic E-state index is 12.6. The van der Waals surface area contributed by atoms with Gasteiger partial charge in [0.15, 0.2) is 0 Å². The molecule has 0 bridgehead atoms. The van der Waals surface area contributed by atoms with Gasteiger partial charge >= 0.3 is 0 Å². The molecule has 0 heterocycles. The second-order valence-corrected chi connectivity index (χ2v) is 8.60. The molecule has 0 radical (unpaired) electrons. The SMILES string of the molecule is Cc1cc(CO)cc(S(=O)(=O)NC2CCC(C)(C)C2)c1C. The molecule has 0 amide bonds. The fourth-order valence-electron chi connectivity index (χ4n) is 3.09. The van der Waals surface area contributed by atoms with Gasteiger partial charge in [0.05, 0.1) is 11.5 Å². The van der Waals surface area contributed by atoms with Gasteiger partial charge in [-0.05, 0) is 61.3 Å². The lowest BCUT2D eigenvalue weighted by Crippen LogP contribution is -2.34. The lowest BCUT2D eigenvalue weighted by atomic mass is 9.92. The molecule has 0 saturated heterocycles. The van der Waals surface area contributed by atoms with Gasteiger partial charge in [-0.3, -0.25) is 0 Å². The molecule has 0 spiro atoms. The van der Waals surface area contributed by atoms with E-state index in [1.54, 1.807) is 6.07 Å². The maximum atomic E-state index is 12.6. The van der Waals surface area contributed by atoms with Gasteiger partial charge in [-0.2, -0.15) is 0 Å². The van der Waals surface area contributed by atoms with Crippen LogP contribution in [0.4, 0.5) is 0 Å². The minimum atomic E-state index is -3.54. The van der Waals surface area contributed by atoms with Gasteiger partial charge in [0.1, 0.15) is 0 Å². The zero-order valence-corrected chi connectivity index (χ0v) is 14.0. The summed E-state index contributed by atoms with van der Waals surface area (Å²) < 4.78 is 28.1. The number of rotatable bonds is 4. The quantitative estimate of drug-likeness (QED) is 0.898. The minimum Gasteiger partial charge on any atom is -0.392 e. The Balaban J connectivity index is 2.30. The van der Waals surface area contributed by atoms with Crippen LogP contribution >= 0.6 is 0 Å². The monoisotopic (exact) mass is 311 g/mol. The number of aliphatic hydroxyl groups is 1. The first-order valence-corrected chi connectivity index (χ1v) is 8.86. The first kappa shape index (κ1) is 16.5. The molecular formula is C16H25NO3S. The van der Waals surface area contributed by atoms with Crippen LogP contribution in [0.5, 0.6) is 0 Å². The molecule has 1 aliphatic carbocycles. The number of sulfonamides is 1. The van der Waals surface area contributed by atoms with Gasteiger partial charge in [0, 0.05) is 6.04 Å². The molecule has 1 aromatic carbocycles. The van der Waals surface area contributed by atoms with E-state index in [4.69, 9.17) is 0 Å². The first-order chi connectivity index (χ1) is 9.64. The van der Waals surface area contributed by atoms with E-state index in [9.17, 15) is 13.5 Å². The molecule has 5 heteroatoms. The summed E-state index contributed by atoms with van der Waals surface area (Å²) in [6.07, 6.45) is 2.78. The van der Waals surface area contributed by atoms with Crippen LogP contribution in [0.1, 0.15) is 49.8 Å². The topological polar surface area (TPSA) is 66.4 Å². The Morgan fingerprint density at radius 3 is 2.52 bits per heavy atom. The Hall–Kier alpha value is -0.910. The van der Waals surface area contributed by atoms with Gasteiger partial charge < -0.3 is 5.11 Å². The van der Waals surface area contributed by atoms with Crippen LogP contribution < -0.4 is 4.72 Å². The van der Waals surface area contributed by atoms with E-state index in [1.807, 2.05) is 19.9 Å². The van der Waals surface area contributed by atoms with E-state index >= 15 is 0 Å². The maximum Gasteiger partial charge on any atom is 0.241 e. The molecule has 118 valence electrons. The molecule has 1 fully saturated rings. The summed E-state index contributed by atoms with van der Waals surface area (Å²) in [7, 11) is -3.54. The second-order valence-electron chi connectivity index (χ2n) is 6.92. The van der Waals surface area contributed by atoms with Gasteiger partial charge in [-0.15, -0.1) is 0 Å². The molecule has 1 aliphatic rings. The summed E-state index contributed by atoms with van der Waals surface area (Å²) in [5.74, 6) is 0. The van der Waals surface area contributed by atoms with Crippen molar-refractivity contribution < 1.29 is 13.5 Å². The predicted octanol–water partition coefficient (Wildman–Crippen LogP) is 2.65. The second kappa shape index (κ2) is 5.71. The Morgan fingerprint density at radius 1 is 1.33 bits per heavy atom. The Kier molecular flexibility index (Phi) is 4.47. The van der Waals surface area contributed by atoms with Crippen molar-refractivity contribution in [1.29, 1.82) is 0 Å². The average Bonchev–Trinajstić information content (AvgIpc) is 2.70. The molecule has 0 aliphatic heterocycles. The van der Waals surface area contributed by atoms with Crippen molar-refractivity contribution in [1.82, 2.24) is 4.72 Å². The molecule has 1 aromatic rings. The number of aryl methyl sites for hydroxylation is 1. The van der Waals surface area contributed by atoms with Crippen molar-refractivity contribution in [3.05, 3.63) is 28.8 Å². The van der Waals surface area contributed by atoms with Crippen LogP contribution in [0, 0.1) is 19.3 Å². The number of nitrogens with one attached hydrogen (secondary N) is 1. The van der Waals surface area contributed by atoms with Gasteiger partial charge in [0.2, 0.25) is 10.0 Å². The molecule has 21 heavy (non-hydrogen) atoms. The zero-order valence-electron chi connectivity index (χ0n) is 13.2. The number of hydrogen-bond acceptors (Lipinski definition) is 3. The minimum absolute atomic E-state index is 0.00230. The van der Waals surface area contributed by atoms with Crippen molar-refractivity contribution in [3.8, 4) is 0 Å². The summed E-state index contributed by atoms with van der Waals surface area (Å²) >= 11 is 0. The average molecular weight is 311 g/mol. The molecule has 4 nitrogen and oxygen atoms in total. The normalized spacial score (nSPS) is 21.7. The van der Waals surface area contributed by atoms with E-state index in [-0.39, 0.29) is 23.0 Å². The molecule has 2 N–H and O–H groups in total. The van der Waals surface area contributed by atoms with Crippen LogP contribution in [-0.4, -0.2) is 19.6 Å². The highest BCUT2D eigenvalue weighted by atomic mass is 32.2. The van der Waals surface area contributed by atoms with Crippen molar-refractivity contribution in [2.75, 3.05) is 0 Å². The van der Waals surface area contributed by atoms with E-state index in [0.717, 1.165) is 30.4 Å². The van der Waals surface area contributed by atoms with Crippen molar-refractivity contribution in [2.45, 2.75) is 64.5 Å². The Labute approximate surface area is 127 Å². The summed E-state index contributed by atoms with van der Waals surface area (Å²) in [5.41, 5.74) is 2.46. The van der Waals surface area contributed by atoms with Gasteiger partial charge in [-0.25, -0.2) is 13.1 Å². The van der Waals surface area contributed by atoms with Crippen LogP contribution in [0.25, 0.3) is 0 Å². The smallest absolute Gasteiger partial charge is 0.241 e. The Bertz CT molecular complexity index is 635. The van der Waals surface area contributed by atoms with E-state index in [0.29, 0.717) is 5.56 Å². The summed E-state index contributed by atoms with van der Waals surface area (Å²) in [4.78, 5) is 0.288. The molecule has 1 atom stereocenters. The third-order valence-electron chi connectivity index (χ3n) is 4.44. The predicted molar refractivity (Wildman–Crippen MR) is 83.6 cm³/mol. The van der Waals surface area contributed by atoms with Crippen LogP contribution in [0.2, 0.25) is 0 Å². The number of benzene rings is 1. The molecular weight excluding hydrogens is 286 g/mol. The van der Waals surface area contributed by atoms with Crippen LogP contribution in [-0.2, 0) is 16.6 Å². The van der Waals surface area contributed by atoms with Gasteiger partial charge in [-0.1, -0.05) is 19.9 Å². The molecule has 1 unspecified atom stereocenters. The number of aliphatic hydroxyl groups excluding tert-OH is 1. The largest absolute Gasteiger partial charge is 0.392 e. The number of hydrogen-bond donors (Lipinski definition) is 2. The van der Waals surface area contributed by atoms with Gasteiger partial charge in [0.25, 0.3) is 0 Å².